The predicted octanol–water partition coefficient (Wildman–Crippen LogP) is 3.25. The largest absolute Gasteiger partial charge is 0.340 e. The van der Waals surface area contributed by atoms with Crippen LogP contribution in [0.25, 0.3) is 0 Å². The van der Waals surface area contributed by atoms with Crippen LogP contribution in [0.4, 0.5) is 4.39 Å². The van der Waals surface area contributed by atoms with Crippen LogP contribution in [0.5, 0.6) is 0 Å². The van der Waals surface area contributed by atoms with Gasteiger partial charge < -0.3 is 4.90 Å². The number of rotatable bonds is 5. The fraction of sp³-hybridized carbons (Fsp3) is 0.421. The molecule has 1 atom stereocenters. The molecule has 1 fully saturated rings. The molecule has 5 nitrogen and oxygen atoms in total. The summed E-state index contributed by atoms with van der Waals surface area (Å²) in [6, 6.07) is 6.83. The second-order valence-electron chi connectivity index (χ2n) is 6.88. The van der Waals surface area contributed by atoms with Crippen molar-refractivity contribution in [2.24, 2.45) is 5.92 Å². The molecule has 146 valence electrons. The highest BCUT2D eigenvalue weighted by Gasteiger charge is 2.34. The Kier molecular flexibility index (Phi) is 5.98. The summed E-state index contributed by atoms with van der Waals surface area (Å²) in [6.45, 7) is 3.08. The summed E-state index contributed by atoms with van der Waals surface area (Å²) >= 11 is 1.61. The minimum Gasteiger partial charge on any atom is -0.340 e. The number of halogens is 1. The first-order valence-corrected chi connectivity index (χ1v) is 11.1. The minimum atomic E-state index is -3.73. The summed E-state index contributed by atoms with van der Waals surface area (Å²) in [5.74, 6) is -0.882. The third-order valence-electron chi connectivity index (χ3n) is 4.91. The summed E-state index contributed by atoms with van der Waals surface area (Å²) in [4.78, 5) is 15.7. The molecular weight excluding hydrogens is 387 g/mol. The third-order valence-corrected chi connectivity index (χ3v) is 7.80. The summed E-state index contributed by atoms with van der Waals surface area (Å²) in [5, 5.41) is 2.00. The SMILES string of the molecule is Cc1ccsc1CN(C)C(=O)[C@@H]1CCCN(S(=O)(=O)c2ccc(F)cc2)C1. The monoisotopic (exact) mass is 410 g/mol. The number of thiophene rings is 1. The second kappa shape index (κ2) is 8.08. The van der Waals surface area contributed by atoms with Crippen molar-refractivity contribution < 1.29 is 17.6 Å². The quantitative estimate of drug-likeness (QED) is 0.760. The molecule has 0 radical (unpaired) electrons. The van der Waals surface area contributed by atoms with Gasteiger partial charge in [-0.15, -0.1) is 11.3 Å². The van der Waals surface area contributed by atoms with Crippen LogP contribution in [0.2, 0.25) is 0 Å². The van der Waals surface area contributed by atoms with Crippen LogP contribution in [-0.2, 0) is 21.4 Å². The number of carbonyl (C=O) groups is 1. The number of nitrogens with zero attached hydrogens (tertiary/aromatic N) is 2. The van der Waals surface area contributed by atoms with Crippen LogP contribution in [0, 0.1) is 18.7 Å². The zero-order valence-electron chi connectivity index (χ0n) is 15.4. The second-order valence-corrected chi connectivity index (χ2v) is 9.82. The first-order valence-electron chi connectivity index (χ1n) is 8.82. The Hall–Kier alpha value is -1.77. The molecule has 8 heteroatoms. The van der Waals surface area contributed by atoms with E-state index in [0.717, 1.165) is 22.6 Å². The molecule has 27 heavy (non-hydrogen) atoms. The number of piperidine rings is 1. The lowest BCUT2D eigenvalue weighted by Crippen LogP contribution is -2.45. The van der Waals surface area contributed by atoms with Gasteiger partial charge in [0.05, 0.1) is 17.4 Å². The maximum absolute atomic E-state index is 13.1. The first kappa shape index (κ1) is 20.0. The van der Waals surface area contributed by atoms with E-state index < -0.39 is 15.8 Å². The van der Waals surface area contributed by atoms with E-state index in [4.69, 9.17) is 0 Å². The van der Waals surface area contributed by atoms with E-state index in [2.05, 4.69) is 0 Å². The van der Waals surface area contributed by atoms with Crippen molar-refractivity contribution >= 4 is 27.3 Å². The van der Waals surface area contributed by atoms with Crippen molar-refractivity contribution in [3.05, 3.63) is 52.0 Å². The van der Waals surface area contributed by atoms with Gasteiger partial charge in [0, 0.05) is 25.0 Å². The van der Waals surface area contributed by atoms with Gasteiger partial charge >= 0.3 is 0 Å². The summed E-state index contributed by atoms with van der Waals surface area (Å²) in [6.07, 6.45) is 1.30. The molecule has 1 aromatic heterocycles. The van der Waals surface area contributed by atoms with Crippen LogP contribution in [0.15, 0.2) is 40.6 Å². The molecular formula is C19H23FN2O3S2. The number of hydrogen-bond acceptors (Lipinski definition) is 4. The van der Waals surface area contributed by atoms with Crippen molar-refractivity contribution in [2.45, 2.75) is 31.2 Å². The van der Waals surface area contributed by atoms with Gasteiger partial charge in [-0.25, -0.2) is 12.8 Å². The summed E-state index contributed by atoms with van der Waals surface area (Å²) < 4.78 is 40.1. The Bertz CT molecular complexity index is 909. The van der Waals surface area contributed by atoms with Gasteiger partial charge in [0.2, 0.25) is 15.9 Å². The molecule has 0 aliphatic carbocycles. The topological polar surface area (TPSA) is 57.7 Å². The zero-order chi connectivity index (χ0) is 19.6. The molecule has 1 aliphatic heterocycles. The van der Waals surface area contributed by atoms with Gasteiger partial charge in [0.25, 0.3) is 0 Å². The van der Waals surface area contributed by atoms with Gasteiger partial charge in [-0.05, 0) is 61.0 Å². The Balaban J connectivity index is 1.70. The lowest BCUT2D eigenvalue weighted by atomic mass is 9.98. The van der Waals surface area contributed by atoms with Crippen molar-refractivity contribution in [1.82, 2.24) is 9.21 Å². The van der Waals surface area contributed by atoms with E-state index in [-0.39, 0.29) is 23.3 Å². The molecule has 1 aromatic carbocycles. The highest BCUT2D eigenvalue weighted by Crippen LogP contribution is 2.26. The third kappa shape index (κ3) is 4.39. The van der Waals surface area contributed by atoms with Crippen molar-refractivity contribution in [3.8, 4) is 0 Å². The highest BCUT2D eigenvalue weighted by molar-refractivity contribution is 7.89. The van der Waals surface area contributed by atoms with Crippen LogP contribution < -0.4 is 0 Å². The van der Waals surface area contributed by atoms with E-state index in [1.165, 1.54) is 16.4 Å². The molecule has 0 spiro atoms. The van der Waals surface area contributed by atoms with Gasteiger partial charge in [-0.3, -0.25) is 4.79 Å². The van der Waals surface area contributed by atoms with Gasteiger partial charge in [-0.1, -0.05) is 0 Å². The maximum atomic E-state index is 13.1. The average molecular weight is 411 g/mol. The fourth-order valence-electron chi connectivity index (χ4n) is 3.29. The predicted molar refractivity (Wildman–Crippen MR) is 103 cm³/mol. The van der Waals surface area contributed by atoms with E-state index >= 15 is 0 Å². The number of carbonyl (C=O) groups excluding carboxylic acids is 1. The van der Waals surface area contributed by atoms with E-state index in [9.17, 15) is 17.6 Å². The lowest BCUT2D eigenvalue weighted by Gasteiger charge is -2.33. The van der Waals surface area contributed by atoms with E-state index in [1.807, 2.05) is 18.4 Å². The lowest BCUT2D eigenvalue weighted by molar-refractivity contribution is -0.135. The number of benzene rings is 1. The standard InChI is InChI=1S/C19H23FN2O3S2/c1-14-9-11-26-18(14)13-21(2)19(23)15-4-3-10-22(12-15)27(24,25)17-7-5-16(20)6-8-17/h5-9,11,15H,3-4,10,12-13H2,1-2H3/t15-/m1/s1. The maximum Gasteiger partial charge on any atom is 0.243 e. The van der Waals surface area contributed by atoms with Crippen molar-refractivity contribution in [1.29, 1.82) is 0 Å². The molecule has 3 rings (SSSR count). The molecule has 1 amide bonds. The number of amides is 1. The Morgan fingerprint density at radius 2 is 2.00 bits per heavy atom. The molecule has 1 aliphatic rings. The Labute approximate surface area is 163 Å². The average Bonchev–Trinajstić information content (AvgIpc) is 3.06. The zero-order valence-corrected chi connectivity index (χ0v) is 17.0. The number of sulfonamides is 1. The van der Waals surface area contributed by atoms with Crippen molar-refractivity contribution in [3.63, 3.8) is 0 Å². The fourth-order valence-corrected chi connectivity index (χ4v) is 5.77. The molecule has 0 N–H and O–H groups in total. The Morgan fingerprint density at radius 1 is 1.30 bits per heavy atom. The molecule has 0 saturated carbocycles. The smallest absolute Gasteiger partial charge is 0.243 e. The van der Waals surface area contributed by atoms with Crippen LogP contribution in [0.3, 0.4) is 0 Å². The summed E-state index contributed by atoms with van der Waals surface area (Å²) in [5.41, 5.74) is 1.16. The normalized spacial score (nSPS) is 18.4. The minimum absolute atomic E-state index is 0.0400. The van der Waals surface area contributed by atoms with E-state index in [1.54, 1.807) is 23.3 Å². The molecule has 2 heterocycles. The first-order chi connectivity index (χ1) is 12.8. The Morgan fingerprint density at radius 3 is 2.63 bits per heavy atom. The van der Waals surface area contributed by atoms with Gasteiger partial charge in [-0.2, -0.15) is 4.31 Å². The summed E-state index contributed by atoms with van der Waals surface area (Å²) in [7, 11) is -1.97. The van der Waals surface area contributed by atoms with E-state index in [0.29, 0.717) is 25.9 Å². The molecule has 0 unspecified atom stereocenters. The van der Waals surface area contributed by atoms with Crippen molar-refractivity contribution in [2.75, 3.05) is 20.1 Å². The number of hydrogen-bond donors (Lipinski definition) is 0. The molecule has 0 bridgehead atoms. The van der Waals surface area contributed by atoms with Crippen LogP contribution in [-0.4, -0.2) is 43.7 Å². The molecule has 2 aromatic rings. The van der Waals surface area contributed by atoms with Crippen LogP contribution in [0.1, 0.15) is 23.3 Å². The van der Waals surface area contributed by atoms with Crippen LogP contribution >= 0.6 is 11.3 Å². The van der Waals surface area contributed by atoms with Gasteiger partial charge in [0.15, 0.2) is 0 Å². The van der Waals surface area contributed by atoms with Gasteiger partial charge in [0.1, 0.15) is 5.82 Å². The number of aryl methyl sites for hydroxylation is 1. The highest BCUT2D eigenvalue weighted by atomic mass is 32.2. The molecule has 1 saturated heterocycles.